The van der Waals surface area contributed by atoms with Gasteiger partial charge in [-0.25, -0.2) is 14.8 Å². The summed E-state index contributed by atoms with van der Waals surface area (Å²) in [5, 5.41) is 11.5. The molecule has 0 fully saturated rings. The number of ether oxygens (including phenoxy) is 1. The van der Waals surface area contributed by atoms with Crippen molar-refractivity contribution in [1.29, 1.82) is 0 Å². The molecular formula is C19H17F3N6O4. The van der Waals surface area contributed by atoms with Gasteiger partial charge in [0.25, 0.3) is 5.91 Å². The number of alkyl halides is 3. The van der Waals surface area contributed by atoms with Crippen molar-refractivity contribution in [1.82, 2.24) is 29.6 Å². The van der Waals surface area contributed by atoms with Crippen molar-refractivity contribution in [3.8, 4) is 5.88 Å². The molecule has 0 saturated carbocycles. The van der Waals surface area contributed by atoms with Crippen LogP contribution >= 0.6 is 0 Å². The highest BCUT2D eigenvalue weighted by Crippen LogP contribution is 2.22. The molecule has 32 heavy (non-hydrogen) atoms. The summed E-state index contributed by atoms with van der Waals surface area (Å²) in [4.78, 5) is 35.6. The van der Waals surface area contributed by atoms with Gasteiger partial charge in [0, 0.05) is 37.4 Å². The lowest BCUT2D eigenvalue weighted by atomic mass is 10.2. The van der Waals surface area contributed by atoms with Crippen molar-refractivity contribution in [3.05, 3.63) is 66.6 Å². The van der Waals surface area contributed by atoms with Gasteiger partial charge in [-0.05, 0) is 12.1 Å². The Hall–Kier alpha value is -4.03. The second kappa shape index (κ2) is 9.85. The summed E-state index contributed by atoms with van der Waals surface area (Å²) in [6.45, 7) is 1.34. The molecule has 3 aromatic heterocycles. The van der Waals surface area contributed by atoms with Crippen molar-refractivity contribution >= 4 is 11.9 Å². The van der Waals surface area contributed by atoms with Gasteiger partial charge in [0.1, 0.15) is 18.3 Å². The van der Waals surface area contributed by atoms with E-state index in [2.05, 4.69) is 20.1 Å². The summed E-state index contributed by atoms with van der Waals surface area (Å²) in [7, 11) is 0. The van der Waals surface area contributed by atoms with Crippen LogP contribution in [0, 0.1) is 0 Å². The topological polar surface area (TPSA) is 123 Å². The molecule has 13 heteroatoms. The van der Waals surface area contributed by atoms with E-state index in [1.807, 2.05) is 22.9 Å². The van der Waals surface area contributed by atoms with Gasteiger partial charge in [-0.15, -0.1) is 0 Å². The molecule has 1 atom stereocenters. The van der Waals surface area contributed by atoms with Crippen molar-refractivity contribution in [2.45, 2.75) is 18.8 Å². The van der Waals surface area contributed by atoms with Crippen molar-refractivity contribution in [2.24, 2.45) is 0 Å². The number of aliphatic carboxylic acids is 1. The molecule has 0 bridgehead atoms. The summed E-state index contributed by atoms with van der Waals surface area (Å²) < 4.78 is 39.4. The molecule has 0 aliphatic carbocycles. The number of fused-ring (bicyclic) bond motifs is 1. The fraction of sp³-hybridized carbons (Fsp3) is 0.263. The van der Waals surface area contributed by atoms with Gasteiger partial charge in [-0.3, -0.25) is 14.5 Å². The maximum absolute atomic E-state index is 12.7. The average molecular weight is 450 g/mol. The van der Waals surface area contributed by atoms with Gasteiger partial charge in [-0.2, -0.15) is 18.3 Å². The highest BCUT2D eigenvalue weighted by molar-refractivity contribution is 5.92. The van der Waals surface area contributed by atoms with E-state index in [4.69, 9.17) is 14.6 Å². The first-order chi connectivity index (χ1) is 15.3. The van der Waals surface area contributed by atoms with E-state index in [-0.39, 0.29) is 11.9 Å². The third kappa shape index (κ3) is 5.77. The second-order valence-electron chi connectivity index (χ2n) is 6.48. The molecule has 1 N–H and O–H groups in total. The smallest absolute Gasteiger partial charge is 0.475 e. The quantitative estimate of drug-likeness (QED) is 0.640. The molecule has 168 valence electrons. The van der Waals surface area contributed by atoms with Crippen molar-refractivity contribution in [2.75, 3.05) is 13.2 Å². The fourth-order valence-corrected chi connectivity index (χ4v) is 2.85. The summed E-state index contributed by atoms with van der Waals surface area (Å²) in [5.74, 6) is -2.36. The number of carbonyl (C=O) groups excluding carboxylic acids is 1. The Kier molecular flexibility index (Phi) is 6.97. The molecule has 10 nitrogen and oxygen atoms in total. The van der Waals surface area contributed by atoms with E-state index in [1.54, 1.807) is 29.6 Å². The molecular weight excluding hydrogens is 433 g/mol. The first kappa shape index (κ1) is 22.7. The molecule has 0 aromatic carbocycles. The molecule has 1 aliphatic rings. The summed E-state index contributed by atoms with van der Waals surface area (Å²) in [5.41, 5.74) is 1.29. The lowest BCUT2D eigenvalue weighted by Crippen LogP contribution is -2.43. The minimum Gasteiger partial charge on any atom is -0.475 e. The number of nitrogens with zero attached hydrogens (tertiary/aromatic N) is 6. The van der Waals surface area contributed by atoms with Crippen LogP contribution in [-0.4, -0.2) is 65.9 Å². The van der Waals surface area contributed by atoms with Gasteiger partial charge in [0.15, 0.2) is 0 Å². The van der Waals surface area contributed by atoms with Gasteiger partial charge in [-0.1, -0.05) is 6.07 Å². The van der Waals surface area contributed by atoms with Crippen LogP contribution in [0.4, 0.5) is 13.2 Å². The van der Waals surface area contributed by atoms with Gasteiger partial charge >= 0.3 is 12.1 Å². The predicted molar refractivity (Wildman–Crippen MR) is 101 cm³/mol. The standard InChI is InChI=1S/C17H16N6O2.C2HF3O2/c24-17(15-9-18-7-8-19-15)22-10-13-4-6-21-23(13)14(11-22)12-25-16-3-1-2-5-20-16;3-2(4,5)1(6)7/h1-9,14H,10-12H2;(H,6,7). The zero-order chi connectivity index (χ0) is 23.1. The Morgan fingerprint density at radius 3 is 2.53 bits per heavy atom. The number of carboxylic acids is 1. The number of amides is 1. The molecule has 0 radical (unpaired) electrons. The van der Waals surface area contributed by atoms with Crippen molar-refractivity contribution in [3.63, 3.8) is 0 Å². The van der Waals surface area contributed by atoms with E-state index < -0.39 is 12.1 Å². The third-order valence-corrected chi connectivity index (χ3v) is 4.26. The van der Waals surface area contributed by atoms with Gasteiger partial charge in [0.05, 0.1) is 18.4 Å². The maximum Gasteiger partial charge on any atom is 0.490 e. The lowest BCUT2D eigenvalue weighted by molar-refractivity contribution is -0.192. The molecule has 4 heterocycles. The molecule has 1 aliphatic heterocycles. The number of aromatic nitrogens is 5. The fourth-order valence-electron chi connectivity index (χ4n) is 2.85. The normalized spacial score (nSPS) is 15.2. The number of hydrogen-bond acceptors (Lipinski definition) is 7. The molecule has 3 aromatic rings. The van der Waals surface area contributed by atoms with Gasteiger partial charge in [0.2, 0.25) is 5.88 Å². The largest absolute Gasteiger partial charge is 0.490 e. The second-order valence-corrected chi connectivity index (χ2v) is 6.48. The molecule has 4 rings (SSSR count). The van der Waals surface area contributed by atoms with E-state index >= 15 is 0 Å². The lowest BCUT2D eigenvalue weighted by Gasteiger charge is -2.33. The van der Waals surface area contributed by atoms with Crippen LogP contribution in [0.1, 0.15) is 22.2 Å². The van der Waals surface area contributed by atoms with Crippen molar-refractivity contribution < 1.29 is 32.6 Å². The van der Waals surface area contributed by atoms with Crippen LogP contribution in [0.3, 0.4) is 0 Å². The highest BCUT2D eigenvalue weighted by atomic mass is 19.4. The minimum absolute atomic E-state index is 0.0959. The zero-order valence-electron chi connectivity index (χ0n) is 16.4. The van der Waals surface area contributed by atoms with Crippen LogP contribution in [0.5, 0.6) is 5.88 Å². The molecule has 0 spiro atoms. The number of carbonyl (C=O) groups is 2. The minimum atomic E-state index is -5.08. The molecule has 0 saturated heterocycles. The van der Waals surface area contributed by atoms with E-state index in [1.165, 1.54) is 12.4 Å². The summed E-state index contributed by atoms with van der Waals surface area (Å²) in [6, 6.07) is 7.31. The Morgan fingerprint density at radius 2 is 1.91 bits per heavy atom. The Labute approximate surface area is 179 Å². The number of carboxylic acid groups (broad SMARTS) is 1. The highest BCUT2D eigenvalue weighted by Gasteiger charge is 2.38. The maximum atomic E-state index is 12.7. The van der Waals surface area contributed by atoms with E-state index in [0.29, 0.717) is 31.3 Å². The number of pyridine rings is 1. The number of hydrogen-bond donors (Lipinski definition) is 1. The van der Waals surface area contributed by atoms with Crippen LogP contribution in [-0.2, 0) is 11.3 Å². The number of halogens is 3. The van der Waals surface area contributed by atoms with Crippen LogP contribution in [0.25, 0.3) is 0 Å². The summed E-state index contributed by atoms with van der Waals surface area (Å²) in [6.07, 6.45) is 2.88. The predicted octanol–water partition coefficient (Wildman–Crippen LogP) is 1.98. The average Bonchev–Trinajstić information content (AvgIpc) is 3.27. The molecule has 1 unspecified atom stereocenters. The zero-order valence-corrected chi connectivity index (χ0v) is 16.4. The first-order valence-corrected chi connectivity index (χ1v) is 9.17. The van der Waals surface area contributed by atoms with E-state index in [9.17, 15) is 18.0 Å². The Balaban J connectivity index is 0.000000360. The Bertz CT molecular complexity index is 1050. The van der Waals surface area contributed by atoms with Crippen LogP contribution in [0.2, 0.25) is 0 Å². The van der Waals surface area contributed by atoms with E-state index in [0.717, 1.165) is 5.69 Å². The monoisotopic (exact) mass is 450 g/mol. The summed E-state index contributed by atoms with van der Waals surface area (Å²) >= 11 is 0. The SMILES string of the molecule is O=C(O)C(F)(F)F.O=C(c1cnccn1)N1Cc2ccnn2C(COc2ccccn2)C1. The Morgan fingerprint density at radius 1 is 1.12 bits per heavy atom. The van der Waals surface area contributed by atoms with Gasteiger partial charge < -0.3 is 14.7 Å². The first-order valence-electron chi connectivity index (χ1n) is 9.17. The third-order valence-electron chi connectivity index (χ3n) is 4.26. The molecule has 1 amide bonds. The van der Waals surface area contributed by atoms with Crippen LogP contribution in [0.15, 0.2) is 55.2 Å². The number of rotatable bonds is 4. The van der Waals surface area contributed by atoms with Crippen LogP contribution < -0.4 is 4.74 Å².